The molecule has 0 saturated carbocycles. The first-order chi connectivity index (χ1) is 11.0. The van der Waals surface area contributed by atoms with E-state index in [9.17, 15) is 9.18 Å². The van der Waals surface area contributed by atoms with Gasteiger partial charge in [-0.15, -0.1) is 11.8 Å². The van der Waals surface area contributed by atoms with E-state index in [4.69, 9.17) is 23.2 Å². The van der Waals surface area contributed by atoms with Gasteiger partial charge in [-0.1, -0.05) is 42.3 Å². The second kappa shape index (κ2) is 8.57. The Hall–Kier alpha value is -1.23. The molecular weight excluding hydrogens is 356 g/mol. The number of thioether (sulfide) groups is 1. The summed E-state index contributed by atoms with van der Waals surface area (Å²) in [6.45, 7) is 2.31. The lowest BCUT2D eigenvalue weighted by Crippen LogP contribution is -2.31. The molecule has 0 aromatic heterocycles. The van der Waals surface area contributed by atoms with Gasteiger partial charge in [0.05, 0.1) is 10.3 Å². The Bertz CT molecular complexity index is 679. The highest BCUT2D eigenvalue weighted by Crippen LogP contribution is 2.33. The van der Waals surface area contributed by atoms with E-state index in [1.54, 1.807) is 24.3 Å². The van der Waals surface area contributed by atoms with Crippen LogP contribution in [-0.2, 0) is 11.3 Å². The standard InChI is InChI=1S/C17H16Cl2FNOS/c1-2-15(23-16-8-5-12(18)9-14(16)19)17(22)21-10-11-3-6-13(20)7-4-11/h3-9,15H,2,10H2,1H3,(H,21,22). The molecule has 0 aliphatic heterocycles. The summed E-state index contributed by atoms with van der Waals surface area (Å²) in [5.74, 6) is -0.368. The van der Waals surface area contributed by atoms with Gasteiger partial charge in [-0.05, 0) is 42.3 Å². The number of halogens is 3. The highest BCUT2D eigenvalue weighted by atomic mass is 35.5. The summed E-state index contributed by atoms with van der Waals surface area (Å²) in [6.07, 6.45) is 0.666. The van der Waals surface area contributed by atoms with Crippen LogP contribution in [-0.4, -0.2) is 11.2 Å². The van der Waals surface area contributed by atoms with Crippen molar-refractivity contribution in [1.29, 1.82) is 0 Å². The molecule has 0 aliphatic carbocycles. The number of hydrogen-bond acceptors (Lipinski definition) is 2. The second-order valence-corrected chi connectivity index (χ2v) is 7.02. The zero-order valence-corrected chi connectivity index (χ0v) is 14.8. The van der Waals surface area contributed by atoms with E-state index in [-0.39, 0.29) is 17.0 Å². The fraction of sp³-hybridized carbons (Fsp3) is 0.235. The zero-order chi connectivity index (χ0) is 16.8. The molecule has 0 radical (unpaired) electrons. The average Bonchev–Trinajstić information content (AvgIpc) is 2.53. The molecule has 0 heterocycles. The SMILES string of the molecule is CCC(Sc1ccc(Cl)cc1Cl)C(=O)NCc1ccc(F)cc1. The molecule has 6 heteroatoms. The van der Waals surface area contributed by atoms with Gasteiger partial charge in [0.15, 0.2) is 0 Å². The number of benzene rings is 2. The monoisotopic (exact) mass is 371 g/mol. The van der Waals surface area contributed by atoms with Crippen molar-refractivity contribution in [2.45, 2.75) is 30.0 Å². The van der Waals surface area contributed by atoms with Gasteiger partial charge in [-0.2, -0.15) is 0 Å². The highest BCUT2D eigenvalue weighted by molar-refractivity contribution is 8.00. The van der Waals surface area contributed by atoms with Crippen molar-refractivity contribution in [3.63, 3.8) is 0 Å². The molecule has 23 heavy (non-hydrogen) atoms. The topological polar surface area (TPSA) is 29.1 Å². The molecular formula is C17H16Cl2FNOS. The molecule has 1 unspecified atom stereocenters. The maximum absolute atomic E-state index is 12.9. The number of carbonyl (C=O) groups is 1. The Morgan fingerprint density at radius 2 is 1.91 bits per heavy atom. The highest BCUT2D eigenvalue weighted by Gasteiger charge is 2.19. The van der Waals surface area contributed by atoms with Crippen LogP contribution in [0.5, 0.6) is 0 Å². The summed E-state index contributed by atoms with van der Waals surface area (Å²) in [7, 11) is 0. The molecule has 0 saturated heterocycles. The van der Waals surface area contributed by atoms with Gasteiger partial charge in [-0.3, -0.25) is 4.79 Å². The van der Waals surface area contributed by atoms with Gasteiger partial charge < -0.3 is 5.32 Å². The van der Waals surface area contributed by atoms with E-state index in [1.165, 1.54) is 23.9 Å². The smallest absolute Gasteiger partial charge is 0.233 e. The minimum Gasteiger partial charge on any atom is -0.351 e. The quantitative estimate of drug-likeness (QED) is 0.696. The number of hydrogen-bond donors (Lipinski definition) is 1. The van der Waals surface area contributed by atoms with E-state index in [0.717, 1.165) is 10.5 Å². The normalized spacial score (nSPS) is 12.0. The first-order valence-electron chi connectivity index (χ1n) is 7.13. The molecule has 2 nitrogen and oxygen atoms in total. The second-order valence-electron chi connectivity index (χ2n) is 4.93. The Labute approximate surface area is 149 Å². The van der Waals surface area contributed by atoms with Gasteiger partial charge in [0.1, 0.15) is 5.82 Å². The van der Waals surface area contributed by atoms with Crippen molar-refractivity contribution >= 4 is 40.9 Å². The third kappa shape index (κ3) is 5.41. The molecule has 122 valence electrons. The lowest BCUT2D eigenvalue weighted by Gasteiger charge is -2.15. The fourth-order valence-electron chi connectivity index (χ4n) is 1.95. The van der Waals surface area contributed by atoms with Crippen LogP contribution in [0.3, 0.4) is 0 Å². The molecule has 1 N–H and O–H groups in total. The molecule has 2 aromatic rings. The van der Waals surface area contributed by atoms with Crippen LogP contribution in [0, 0.1) is 5.82 Å². The van der Waals surface area contributed by atoms with Crippen LogP contribution in [0.25, 0.3) is 0 Å². The Balaban J connectivity index is 1.96. The van der Waals surface area contributed by atoms with E-state index in [1.807, 2.05) is 13.0 Å². The number of rotatable bonds is 6. The Morgan fingerprint density at radius 1 is 1.22 bits per heavy atom. The summed E-state index contributed by atoms with van der Waals surface area (Å²) in [6, 6.07) is 11.3. The van der Waals surface area contributed by atoms with Gasteiger partial charge in [-0.25, -0.2) is 4.39 Å². The van der Waals surface area contributed by atoms with Crippen LogP contribution in [0.2, 0.25) is 10.0 Å². The summed E-state index contributed by atoms with van der Waals surface area (Å²) < 4.78 is 12.9. The summed E-state index contributed by atoms with van der Waals surface area (Å²) in [5, 5.41) is 3.71. The van der Waals surface area contributed by atoms with Crippen molar-refractivity contribution in [2.24, 2.45) is 0 Å². The minimum absolute atomic E-state index is 0.0761. The Morgan fingerprint density at radius 3 is 2.52 bits per heavy atom. The number of nitrogens with one attached hydrogen (secondary N) is 1. The third-order valence-corrected chi connectivity index (χ3v) is 5.31. The fourth-order valence-corrected chi connectivity index (χ4v) is 3.48. The first kappa shape index (κ1) is 18.1. The molecule has 2 aromatic carbocycles. The molecule has 0 spiro atoms. The lowest BCUT2D eigenvalue weighted by atomic mass is 10.2. The average molecular weight is 372 g/mol. The lowest BCUT2D eigenvalue weighted by molar-refractivity contribution is -0.120. The molecule has 2 rings (SSSR count). The predicted octanol–water partition coefficient (Wildman–Crippen LogP) is 5.32. The Kier molecular flexibility index (Phi) is 6.75. The third-order valence-electron chi connectivity index (χ3n) is 3.21. The molecule has 0 aliphatic rings. The van der Waals surface area contributed by atoms with Gasteiger partial charge in [0.25, 0.3) is 0 Å². The number of amides is 1. The van der Waals surface area contributed by atoms with Crippen LogP contribution >= 0.6 is 35.0 Å². The zero-order valence-electron chi connectivity index (χ0n) is 12.5. The largest absolute Gasteiger partial charge is 0.351 e. The van der Waals surface area contributed by atoms with Gasteiger partial charge >= 0.3 is 0 Å². The van der Waals surface area contributed by atoms with Crippen LogP contribution in [0.15, 0.2) is 47.4 Å². The van der Waals surface area contributed by atoms with Crippen molar-refractivity contribution in [3.8, 4) is 0 Å². The molecule has 1 atom stereocenters. The van der Waals surface area contributed by atoms with Crippen LogP contribution < -0.4 is 5.32 Å². The van der Waals surface area contributed by atoms with E-state index in [0.29, 0.717) is 23.0 Å². The number of carbonyl (C=O) groups excluding carboxylic acids is 1. The van der Waals surface area contributed by atoms with Gasteiger partial charge in [0, 0.05) is 16.5 Å². The molecule has 1 amide bonds. The minimum atomic E-state index is -0.292. The summed E-state index contributed by atoms with van der Waals surface area (Å²) in [4.78, 5) is 13.1. The molecule has 0 fully saturated rings. The van der Waals surface area contributed by atoms with Crippen LogP contribution in [0.4, 0.5) is 4.39 Å². The van der Waals surface area contributed by atoms with E-state index in [2.05, 4.69) is 5.32 Å². The predicted molar refractivity (Wildman–Crippen MR) is 94.6 cm³/mol. The van der Waals surface area contributed by atoms with E-state index >= 15 is 0 Å². The molecule has 0 bridgehead atoms. The summed E-state index contributed by atoms with van der Waals surface area (Å²) in [5.41, 5.74) is 0.851. The maximum atomic E-state index is 12.9. The van der Waals surface area contributed by atoms with E-state index < -0.39 is 0 Å². The van der Waals surface area contributed by atoms with Crippen molar-refractivity contribution in [2.75, 3.05) is 0 Å². The van der Waals surface area contributed by atoms with Crippen LogP contribution in [0.1, 0.15) is 18.9 Å². The maximum Gasteiger partial charge on any atom is 0.233 e. The first-order valence-corrected chi connectivity index (χ1v) is 8.77. The van der Waals surface area contributed by atoms with Gasteiger partial charge in [0.2, 0.25) is 5.91 Å². The summed E-state index contributed by atoms with van der Waals surface area (Å²) >= 11 is 13.4. The van der Waals surface area contributed by atoms with Crippen molar-refractivity contribution in [3.05, 3.63) is 63.9 Å². The van der Waals surface area contributed by atoms with Crippen molar-refractivity contribution < 1.29 is 9.18 Å². The van der Waals surface area contributed by atoms with Crippen molar-refractivity contribution in [1.82, 2.24) is 5.32 Å².